The summed E-state index contributed by atoms with van der Waals surface area (Å²) < 4.78 is 10.9. The van der Waals surface area contributed by atoms with Gasteiger partial charge in [0.15, 0.2) is 13.2 Å². The molecule has 0 radical (unpaired) electrons. The second kappa shape index (κ2) is 12.0. The molecule has 0 saturated carbocycles. The van der Waals surface area contributed by atoms with E-state index >= 15 is 0 Å². The van der Waals surface area contributed by atoms with Crippen LogP contribution >= 0.6 is 23.2 Å². The van der Waals surface area contributed by atoms with Gasteiger partial charge in [-0.05, 0) is 35.4 Å². The molecule has 0 heterocycles. The first-order chi connectivity index (χ1) is 15.5. The van der Waals surface area contributed by atoms with Gasteiger partial charge in [-0.15, -0.1) is 0 Å². The van der Waals surface area contributed by atoms with E-state index in [4.69, 9.17) is 32.7 Å². The van der Waals surface area contributed by atoms with Crippen LogP contribution in [-0.4, -0.2) is 25.0 Å². The summed E-state index contributed by atoms with van der Waals surface area (Å²) in [6, 6.07) is 21.5. The summed E-state index contributed by atoms with van der Waals surface area (Å²) in [6.45, 7) is 0.403. The lowest BCUT2D eigenvalue weighted by atomic mass is 10.1. The average molecular weight is 473 g/mol. The molecule has 0 aromatic heterocycles. The Hall–Kier alpha value is -3.22. The topological polar surface area (TPSA) is 76.7 Å². The minimum absolute atomic E-state index is 0.134. The van der Waals surface area contributed by atoms with Crippen LogP contribution in [0.3, 0.4) is 0 Å². The minimum Gasteiger partial charge on any atom is -0.482 e. The molecule has 3 aromatic carbocycles. The van der Waals surface area contributed by atoms with E-state index in [1.54, 1.807) is 48.5 Å². The molecule has 3 rings (SSSR count). The van der Waals surface area contributed by atoms with Crippen LogP contribution in [0.1, 0.15) is 11.1 Å². The van der Waals surface area contributed by atoms with Gasteiger partial charge in [-0.25, -0.2) is 0 Å². The largest absolute Gasteiger partial charge is 0.482 e. The molecule has 0 atom stereocenters. The first-order valence-electron chi connectivity index (χ1n) is 9.87. The third-order valence-electron chi connectivity index (χ3n) is 4.36. The Morgan fingerprint density at radius 2 is 1.09 bits per heavy atom. The lowest BCUT2D eigenvalue weighted by Gasteiger charge is -2.11. The van der Waals surface area contributed by atoms with E-state index in [0.717, 1.165) is 11.1 Å². The van der Waals surface area contributed by atoms with Crippen molar-refractivity contribution in [3.05, 3.63) is 94.0 Å². The first kappa shape index (κ1) is 23.4. The smallest absolute Gasteiger partial charge is 0.258 e. The number of amides is 2. The molecule has 0 aliphatic rings. The van der Waals surface area contributed by atoms with Gasteiger partial charge in [0.2, 0.25) is 0 Å². The van der Waals surface area contributed by atoms with E-state index in [-0.39, 0.29) is 25.0 Å². The van der Waals surface area contributed by atoms with Crippen molar-refractivity contribution >= 4 is 35.0 Å². The zero-order valence-corrected chi connectivity index (χ0v) is 18.7. The van der Waals surface area contributed by atoms with E-state index in [1.807, 2.05) is 24.3 Å². The zero-order valence-electron chi connectivity index (χ0n) is 17.1. The van der Waals surface area contributed by atoms with Crippen molar-refractivity contribution in [1.29, 1.82) is 0 Å². The SMILES string of the molecule is O=C(COc1ccccc1Cl)NCc1cccc(CNC(=O)COc2ccccc2Cl)c1. The predicted octanol–water partition coefficient (Wildman–Crippen LogP) is 4.38. The number of hydrogen-bond donors (Lipinski definition) is 2. The number of ether oxygens (including phenoxy) is 2. The number of para-hydroxylation sites is 2. The van der Waals surface area contributed by atoms with Crippen molar-refractivity contribution in [2.75, 3.05) is 13.2 Å². The van der Waals surface area contributed by atoms with E-state index in [9.17, 15) is 9.59 Å². The van der Waals surface area contributed by atoms with E-state index in [2.05, 4.69) is 10.6 Å². The van der Waals surface area contributed by atoms with Crippen molar-refractivity contribution in [3.63, 3.8) is 0 Å². The Morgan fingerprint density at radius 1 is 0.656 bits per heavy atom. The van der Waals surface area contributed by atoms with Crippen molar-refractivity contribution < 1.29 is 19.1 Å². The Kier molecular flexibility index (Phi) is 8.78. The van der Waals surface area contributed by atoms with Gasteiger partial charge in [0, 0.05) is 13.1 Å². The summed E-state index contributed by atoms with van der Waals surface area (Å²) in [7, 11) is 0. The number of rotatable bonds is 10. The van der Waals surface area contributed by atoms with Crippen LogP contribution in [-0.2, 0) is 22.7 Å². The van der Waals surface area contributed by atoms with Crippen molar-refractivity contribution in [2.45, 2.75) is 13.1 Å². The second-order valence-electron chi connectivity index (χ2n) is 6.81. The summed E-state index contributed by atoms with van der Waals surface area (Å²) >= 11 is 12.0. The van der Waals surface area contributed by atoms with Crippen LogP contribution in [0.25, 0.3) is 0 Å². The Bertz CT molecular complexity index is 994. The molecule has 6 nitrogen and oxygen atoms in total. The number of carbonyl (C=O) groups excluding carboxylic acids is 2. The minimum atomic E-state index is -0.264. The number of benzene rings is 3. The number of nitrogens with one attached hydrogen (secondary N) is 2. The Labute approximate surface area is 196 Å². The van der Waals surface area contributed by atoms with Gasteiger partial charge in [0.25, 0.3) is 11.8 Å². The highest BCUT2D eigenvalue weighted by Gasteiger charge is 2.07. The fourth-order valence-electron chi connectivity index (χ4n) is 2.76. The van der Waals surface area contributed by atoms with E-state index < -0.39 is 0 Å². The van der Waals surface area contributed by atoms with Gasteiger partial charge in [-0.1, -0.05) is 71.7 Å². The molecule has 3 aromatic rings. The van der Waals surface area contributed by atoms with Crippen LogP contribution in [0.15, 0.2) is 72.8 Å². The van der Waals surface area contributed by atoms with Crippen molar-refractivity contribution in [1.82, 2.24) is 10.6 Å². The summed E-state index contributed by atoms with van der Waals surface area (Å²) in [4.78, 5) is 24.1. The molecule has 2 amide bonds. The lowest BCUT2D eigenvalue weighted by molar-refractivity contribution is -0.124. The van der Waals surface area contributed by atoms with E-state index in [0.29, 0.717) is 34.6 Å². The quantitative estimate of drug-likeness (QED) is 0.458. The summed E-state index contributed by atoms with van der Waals surface area (Å²) in [6.07, 6.45) is 0. The fourth-order valence-corrected chi connectivity index (χ4v) is 3.14. The van der Waals surface area contributed by atoms with Crippen LogP contribution in [0.2, 0.25) is 10.0 Å². The highest BCUT2D eigenvalue weighted by molar-refractivity contribution is 6.32. The first-order valence-corrected chi connectivity index (χ1v) is 10.6. The molecule has 0 bridgehead atoms. The van der Waals surface area contributed by atoms with Gasteiger partial charge in [0.05, 0.1) is 10.0 Å². The Balaban J connectivity index is 1.40. The maximum atomic E-state index is 12.1. The molecule has 2 N–H and O–H groups in total. The second-order valence-corrected chi connectivity index (χ2v) is 7.63. The third-order valence-corrected chi connectivity index (χ3v) is 4.99. The molecular weight excluding hydrogens is 451 g/mol. The number of carbonyl (C=O) groups is 2. The molecule has 0 aliphatic heterocycles. The van der Waals surface area contributed by atoms with Crippen molar-refractivity contribution in [2.24, 2.45) is 0 Å². The van der Waals surface area contributed by atoms with Crippen LogP contribution < -0.4 is 20.1 Å². The van der Waals surface area contributed by atoms with E-state index in [1.165, 1.54) is 0 Å². The molecule has 0 aliphatic carbocycles. The van der Waals surface area contributed by atoms with Crippen LogP contribution in [0.5, 0.6) is 11.5 Å². The predicted molar refractivity (Wildman–Crippen MR) is 124 cm³/mol. The zero-order chi connectivity index (χ0) is 22.8. The normalized spacial score (nSPS) is 10.3. The molecule has 32 heavy (non-hydrogen) atoms. The molecule has 0 fully saturated rings. The monoisotopic (exact) mass is 472 g/mol. The molecule has 0 unspecified atom stereocenters. The fraction of sp³-hybridized carbons (Fsp3) is 0.167. The van der Waals surface area contributed by atoms with Gasteiger partial charge in [-0.3, -0.25) is 9.59 Å². The third kappa shape index (κ3) is 7.48. The standard InChI is InChI=1S/C24H22Cl2N2O4/c25-19-8-1-3-10-21(19)31-15-23(29)27-13-17-6-5-7-18(12-17)14-28-24(30)16-32-22-11-4-2-9-20(22)26/h1-12H,13-16H2,(H,27,29)(H,28,30). The lowest BCUT2D eigenvalue weighted by Crippen LogP contribution is -2.29. The molecular formula is C24H22Cl2N2O4. The van der Waals surface area contributed by atoms with Crippen LogP contribution in [0, 0.1) is 0 Å². The molecule has 8 heteroatoms. The maximum absolute atomic E-state index is 12.1. The van der Waals surface area contributed by atoms with Gasteiger partial charge < -0.3 is 20.1 Å². The highest BCUT2D eigenvalue weighted by Crippen LogP contribution is 2.23. The number of hydrogen-bond acceptors (Lipinski definition) is 4. The highest BCUT2D eigenvalue weighted by atomic mass is 35.5. The molecule has 166 valence electrons. The van der Waals surface area contributed by atoms with Gasteiger partial charge in [-0.2, -0.15) is 0 Å². The maximum Gasteiger partial charge on any atom is 0.258 e. The Morgan fingerprint density at radius 3 is 1.53 bits per heavy atom. The number of halogens is 2. The molecule has 0 saturated heterocycles. The summed E-state index contributed by atoms with van der Waals surface area (Å²) in [5.41, 5.74) is 1.80. The van der Waals surface area contributed by atoms with Crippen LogP contribution in [0.4, 0.5) is 0 Å². The van der Waals surface area contributed by atoms with Gasteiger partial charge >= 0.3 is 0 Å². The molecule has 0 spiro atoms. The van der Waals surface area contributed by atoms with Crippen molar-refractivity contribution in [3.8, 4) is 11.5 Å². The average Bonchev–Trinajstić information content (AvgIpc) is 2.80. The summed E-state index contributed by atoms with van der Waals surface area (Å²) in [5.74, 6) is 0.391. The summed E-state index contributed by atoms with van der Waals surface area (Å²) in [5, 5.41) is 6.50. The van der Waals surface area contributed by atoms with Gasteiger partial charge in [0.1, 0.15) is 11.5 Å².